The maximum Gasteiger partial charge on any atom is 0.307 e. The van der Waals surface area contributed by atoms with E-state index in [9.17, 15) is 9.59 Å². The Hall–Kier alpha value is -1.10. The van der Waals surface area contributed by atoms with Crippen LogP contribution < -0.4 is 5.32 Å². The zero-order chi connectivity index (χ0) is 14.4. The van der Waals surface area contributed by atoms with E-state index in [4.69, 9.17) is 5.11 Å². The fourth-order valence-electron chi connectivity index (χ4n) is 2.42. The van der Waals surface area contributed by atoms with Crippen molar-refractivity contribution in [2.45, 2.75) is 58.5 Å². The lowest BCUT2D eigenvalue weighted by molar-refractivity contribution is -0.142. The van der Waals surface area contributed by atoms with Crippen molar-refractivity contribution < 1.29 is 14.7 Å². The lowest BCUT2D eigenvalue weighted by Crippen LogP contribution is -2.45. The fourth-order valence-corrected chi connectivity index (χ4v) is 2.42. The van der Waals surface area contributed by atoms with E-state index < -0.39 is 11.9 Å². The number of carbonyl (C=O) groups is 2. The Morgan fingerprint density at radius 2 is 1.84 bits per heavy atom. The molecule has 2 N–H and O–H groups in total. The molecule has 0 aliphatic heterocycles. The zero-order valence-corrected chi connectivity index (χ0v) is 12.2. The summed E-state index contributed by atoms with van der Waals surface area (Å²) in [5.74, 6) is -1.26. The molecule has 1 fully saturated rings. The smallest absolute Gasteiger partial charge is 0.307 e. The Bertz CT molecular complexity index is 312. The average molecular weight is 270 g/mol. The molecule has 1 saturated carbocycles. The molecule has 1 unspecified atom stereocenters. The van der Waals surface area contributed by atoms with E-state index in [-0.39, 0.29) is 18.5 Å². The van der Waals surface area contributed by atoms with Crippen molar-refractivity contribution in [2.75, 3.05) is 13.1 Å². The van der Waals surface area contributed by atoms with Crippen LogP contribution >= 0.6 is 0 Å². The molecule has 0 spiro atoms. The van der Waals surface area contributed by atoms with E-state index in [1.54, 1.807) is 6.92 Å². The maximum atomic E-state index is 12.0. The van der Waals surface area contributed by atoms with Crippen LogP contribution in [0.1, 0.15) is 46.5 Å². The molecule has 0 bridgehead atoms. The second-order valence-electron chi connectivity index (χ2n) is 5.81. The van der Waals surface area contributed by atoms with Gasteiger partial charge >= 0.3 is 5.97 Å². The van der Waals surface area contributed by atoms with Crippen LogP contribution in [0.3, 0.4) is 0 Å². The van der Waals surface area contributed by atoms with Crippen LogP contribution in [-0.4, -0.2) is 47.1 Å². The highest BCUT2D eigenvalue weighted by Crippen LogP contribution is 2.17. The Morgan fingerprint density at radius 3 is 2.32 bits per heavy atom. The van der Waals surface area contributed by atoms with Crippen molar-refractivity contribution in [1.29, 1.82) is 0 Å². The SMILES string of the molecule is CC(CN(CC(=O)NC1CCCC1)C(C)C)C(=O)O. The topological polar surface area (TPSA) is 69.6 Å². The standard InChI is InChI=1S/C14H26N2O3/c1-10(2)16(8-11(3)14(18)19)9-13(17)15-12-6-4-5-7-12/h10-12H,4-9H2,1-3H3,(H,15,17)(H,18,19). The number of hydrogen-bond acceptors (Lipinski definition) is 3. The van der Waals surface area contributed by atoms with E-state index in [0.29, 0.717) is 12.6 Å². The van der Waals surface area contributed by atoms with Gasteiger partial charge in [0.25, 0.3) is 0 Å². The van der Waals surface area contributed by atoms with Crippen LogP contribution in [-0.2, 0) is 9.59 Å². The van der Waals surface area contributed by atoms with Crippen LogP contribution in [0.2, 0.25) is 0 Å². The molecular formula is C14H26N2O3. The lowest BCUT2D eigenvalue weighted by atomic mass is 10.1. The lowest BCUT2D eigenvalue weighted by Gasteiger charge is -2.28. The van der Waals surface area contributed by atoms with Crippen LogP contribution in [0.25, 0.3) is 0 Å². The minimum Gasteiger partial charge on any atom is -0.481 e. The Balaban J connectivity index is 2.43. The van der Waals surface area contributed by atoms with Crippen LogP contribution in [0.4, 0.5) is 0 Å². The van der Waals surface area contributed by atoms with Gasteiger partial charge in [-0.3, -0.25) is 14.5 Å². The first-order valence-electron chi connectivity index (χ1n) is 7.16. The fraction of sp³-hybridized carbons (Fsp3) is 0.857. The minimum absolute atomic E-state index is 0.0122. The van der Waals surface area contributed by atoms with Gasteiger partial charge in [0.1, 0.15) is 0 Å². The number of hydrogen-bond donors (Lipinski definition) is 2. The molecule has 1 aliphatic carbocycles. The van der Waals surface area contributed by atoms with Crippen LogP contribution in [0.15, 0.2) is 0 Å². The number of carbonyl (C=O) groups excluding carboxylic acids is 1. The van der Waals surface area contributed by atoms with Crippen molar-refractivity contribution >= 4 is 11.9 Å². The predicted molar refractivity (Wildman–Crippen MR) is 73.9 cm³/mol. The highest BCUT2D eigenvalue weighted by molar-refractivity contribution is 5.78. The summed E-state index contributed by atoms with van der Waals surface area (Å²) in [6, 6.07) is 0.481. The summed E-state index contributed by atoms with van der Waals surface area (Å²) in [6.07, 6.45) is 4.52. The number of carboxylic acid groups (broad SMARTS) is 1. The summed E-state index contributed by atoms with van der Waals surface area (Å²) in [5, 5.41) is 12.0. The normalized spacial score (nSPS) is 17.9. The van der Waals surface area contributed by atoms with Gasteiger partial charge in [0, 0.05) is 18.6 Å². The van der Waals surface area contributed by atoms with Crippen molar-refractivity contribution in [2.24, 2.45) is 5.92 Å². The van der Waals surface area contributed by atoms with Gasteiger partial charge in [-0.15, -0.1) is 0 Å². The highest BCUT2D eigenvalue weighted by atomic mass is 16.4. The molecule has 19 heavy (non-hydrogen) atoms. The quantitative estimate of drug-likeness (QED) is 0.735. The molecule has 1 atom stereocenters. The molecule has 0 heterocycles. The number of carboxylic acids is 1. The first kappa shape index (κ1) is 16.0. The summed E-state index contributed by atoms with van der Waals surface area (Å²) in [4.78, 5) is 24.8. The Labute approximate surface area is 115 Å². The van der Waals surface area contributed by atoms with Gasteiger partial charge in [-0.2, -0.15) is 0 Å². The van der Waals surface area contributed by atoms with Crippen molar-refractivity contribution in [1.82, 2.24) is 10.2 Å². The van der Waals surface area contributed by atoms with E-state index in [1.165, 1.54) is 12.8 Å². The minimum atomic E-state index is -0.818. The summed E-state index contributed by atoms with van der Waals surface area (Å²) in [6.45, 7) is 6.33. The zero-order valence-electron chi connectivity index (χ0n) is 12.2. The third-order valence-corrected chi connectivity index (χ3v) is 3.73. The monoisotopic (exact) mass is 270 g/mol. The van der Waals surface area contributed by atoms with Gasteiger partial charge in [0.2, 0.25) is 5.91 Å². The second-order valence-corrected chi connectivity index (χ2v) is 5.81. The van der Waals surface area contributed by atoms with Crippen LogP contribution in [0.5, 0.6) is 0 Å². The first-order valence-corrected chi connectivity index (χ1v) is 7.16. The van der Waals surface area contributed by atoms with Crippen molar-refractivity contribution in [3.8, 4) is 0 Å². The summed E-state index contributed by atoms with van der Waals surface area (Å²) >= 11 is 0. The van der Waals surface area contributed by atoms with Gasteiger partial charge in [0.05, 0.1) is 12.5 Å². The predicted octanol–water partition coefficient (Wildman–Crippen LogP) is 1.48. The molecule has 0 radical (unpaired) electrons. The number of nitrogens with one attached hydrogen (secondary N) is 1. The average Bonchev–Trinajstić information content (AvgIpc) is 2.80. The molecule has 0 saturated heterocycles. The van der Waals surface area contributed by atoms with Crippen molar-refractivity contribution in [3.63, 3.8) is 0 Å². The van der Waals surface area contributed by atoms with E-state index in [1.807, 2.05) is 18.7 Å². The number of amides is 1. The number of nitrogens with zero attached hydrogens (tertiary/aromatic N) is 1. The van der Waals surface area contributed by atoms with Gasteiger partial charge in [-0.1, -0.05) is 19.8 Å². The van der Waals surface area contributed by atoms with Gasteiger partial charge < -0.3 is 10.4 Å². The number of rotatable bonds is 7. The van der Waals surface area contributed by atoms with Crippen LogP contribution in [0, 0.1) is 5.92 Å². The molecule has 5 heteroatoms. The van der Waals surface area contributed by atoms with Crippen molar-refractivity contribution in [3.05, 3.63) is 0 Å². The summed E-state index contributed by atoms with van der Waals surface area (Å²) in [7, 11) is 0. The molecular weight excluding hydrogens is 244 g/mol. The molecule has 5 nitrogen and oxygen atoms in total. The summed E-state index contributed by atoms with van der Waals surface area (Å²) < 4.78 is 0. The molecule has 1 rings (SSSR count). The maximum absolute atomic E-state index is 12.0. The Kier molecular flexibility index (Phi) is 6.28. The van der Waals surface area contributed by atoms with Gasteiger partial charge in [-0.05, 0) is 26.7 Å². The van der Waals surface area contributed by atoms with E-state index in [2.05, 4.69) is 5.32 Å². The second kappa shape index (κ2) is 7.48. The highest BCUT2D eigenvalue weighted by Gasteiger charge is 2.22. The molecule has 1 aliphatic rings. The molecule has 0 aromatic carbocycles. The molecule has 110 valence electrons. The molecule has 1 amide bonds. The Morgan fingerprint density at radius 1 is 1.26 bits per heavy atom. The molecule has 0 aromatic rings. The van der Waals surface area contributed by atoms with E-state index >= 15 is 0 Å². The first-order chi connectivity index (χ1) is 8.90. The van der Waals surface area contributed by atoms with Gasteiger partial charge in [-0.25, -0.2) is 0 Å². The summed E-state index contributed by atoms with van der Waals surface area (Å²) in [5.41, 5.74) is 0. The molecule has 0 aromatic heterocycles. The van der Waals surface area contributed by atoms with Gasteiger partial charge in [0.15, 0.2) is 0 Å². The van der Waals surface area contributed by atoms with E-state index in [0.717, 1.165) is 12.8 Å². The third kappa shape index (κ3) is 5.59. The third-order valence-electron chi connectivity index (χ3n) is 3.73. The largest absolute Gasteiger partial charge is 0.481 e. The number of aliphatic carboxylic acids is 1.